The molecule has 0 aromatic carbocycles. The van der Waals surface area contributed by atoms with Gasteiger partial charge in [0, 0.05) is 12.5 Å². The summed E-state index contributed by atoms with van der Waals surface area (Å²) >= 11 is 9.72. The molecule has 0 bridgehead atoms. The number of nitrogens with one attached hydrogen (secondary N) is 1. The van der Waals surface area contributed by atoms with Gasteiger partial charge in [0.15, 0.2) is 0 Å². The lowest BCUT2D eigenvalue weighted by Gasteiger charge is -2.08. The van der Waals surface area contributed by atoms with Gasteiger partial charge >= 0.3 is 0 Å². The van der Waals surface area contributed by atoms with E-state index in [0.717, 1.165) is 40.6 Å². The molecule has 1 aliphatic heterocycles. The number of rotatable bonds is 1. The fraction of sp³-hybridized carbons (Fsp3) is 0.364. The maximum Gasteiger partial charge on any atom is 0.132 e. The lowest BCUT2D eigenvalue weighted by Crippen LogP contribution is -2.10. The van der Waals surface area contributed by atoms with Crippen LogP contribution in [0.1, 0.15) is 18.2 Å². The van der Waals surface area contributed by atoms with Crippen molar-refractivity contribution in [2.75, 3.05) is 13.1 Å². The van der Waals surface area contributed by atoms with Crippen molar-refractivity contribution in [3.63, 3.8) is 0 Å². The smallest absolute Gasteiger partial charge is 0.132 e. The van der Waals surface area contributed by atoms with Gasteiger partial charge in [-0.05, 0) is 41.0 Å². The molecule has 16 heavy (non-hydrogen) atoms. The Labute approximate surface area is 107 Å². The average Bonchev–Trinajstić information content (AvgIpc) is 2.87. The van der Waals surface area contributed by atoms with E-state index in [9.17, 15) is 0 Å². The van der Waals surface area contributed by atoms with Crippen LogP contribution in [-0.2, 0) is 0 Å². The van der Waals surface area contributed by atoms with Gasteiger partial charge in [0.25, 0.3) is 0 Å². The van der Waals surface area contributed by atoms with Crippen molar-refractivity contribution in [1.82, 2.24) is 14.7 Å². The molecule has 1 atom stereocenters. The van der Waals surface area contributed by atoms with E-state index in [4.69, 9.17) is 11.6 Å². The van der Waals surface area contributed by atoms with Gasteiger partial charge in [-0.15, -0.1) is 0 Å². The first-order chi connectivity index (χ1) is 7.77. The van der Waals surface area contributed by atoms with E-state index in [1.54, 1.807) is 0 Å². The van der Waals surface area contributed by atoms with Crippen LogP contribution >= 0.6 is 27.5 Å². The SMILES string of the molecule is Clc1cccc2c(Br)nc(C3CCNC3)n12. The molecule has 0 aliphatic carbocycles. The zero-order valence-electron chi connectivity index (χ0n) is 8.58. The number of fused-ring (bicyclic) bond motifs is 1. The van der Waals surface area contributed by atoms with Crippen LogP contribution in [0.15, 0.2) is 22.8 Å². The van der Waals surface area contributed by atoms with E-state index in [0.29, 0.717) is 5.92 Å². The third-order valence-corrected chi connectivity index (χ3v) is 3.90. The van der Waals surface area contributed by atoms with Crippen molar-refractivity contribution >= 4 is 33.0 Å². The number of hydrogen-bond acceptors (Lipinski definition) is 2. The van der Waals surface area contributed by atoms with Gasteiger partial charge in [-0.25, -0.2) is 4.98 Å². The first-order valence-electron chi connectivity index (χ1n) is 5.30. The van der Waals surface area contributed by atoms with E-state index in [1.165, 1.54) is 0 Å². The predicted octanol–water partition coefficient (Wildman–Crippen LogP) is 2.83. The first-order valence-corrected chi connectivity index (χ1v) is 6.47. The first kappa shape index (κ1) is 10.6. The molecule has 5 heteroatoms. The van der Waals surface area contributed by atoms with E-state index in [2.05, 4.69) is 26.2 Å². The number of halogens is 2. The number of hydrogen-bond donors (Lipinski definition) is 1. The zero-order chi connectivity index (χ0) is 11.1. The second-order valence-corrected chi connectivity index (χ2v) is 5.16. The van der Waals surface area contributed by atoms with Crippen LogP contribution in [0.3, 0.4) is 0 Å². The molecule has 0 radical (unpaired) electrons. The molecule has 0 amide bonds. The second kappa shape index (κ2) is 4.02. The largest absolute Gasteiger partial charge is 0.316 e. The van der Waals surface area contributed by atoms with Gasteiger partial charge in [-0.1, -0.05) is 17.7 Å². The maximum absolute atomic E-state index is 6.24. The highest BCUT2D eigenvalue weighted by Gasteiger charge is 2.23. The molecule has 1 saturated heterocycles. The van der Waals surface area contributed by atoms with Crippen LogP contribution in [0.4, 0.5) is 0 Å². The molecular formula is C11H11BrClN3. The van der Waals surface area contributed by atoms with Crippen LogP contribution in [-0.4, -0.2) is 22.5 Å². The Balaban J connectivity index is 2.24. The molecule has 2 aromatic rings. The predicted molar refractivity (Wildman–Crippen MR) is 68.1 cm³/mol. The molecule has 0 spiro atoms. The Morgan fingerprint density at radius 3 is 3.12 bits per heavy atom. The van der Waals surface area contributed by atoms with E-state index in [1.807, 2.05) is 22.6 Å². The second-order valence-electron chi connectivity index (χ2n) is 4.02. The highest BCUT2D eigenvalue weighted by atomic mass is 79.9. The molecule has 1 aliphatic rings. The van der Waals surface area contributed by atoms with E-state index >= 15 is 0 Å². The average molecular weight is 301 g/mol. The summed E-state index contributed by atoms with van der Waals surface area (Å²) in [5.41, 5.74) is 1.04. The molecule has 3 rings (SSSR count). The minimum absolute atomic E-state index is 0.457. The quantitative estimate of drug-likeness (QED) is 0.821. The Bertz CT molecular complexity index is 531. The van der Waals surface area contributed by atoms with E-state index < -0.39 is 0 Å². The highest BCUT2D eigenvalue weighted by molar-refractivity contribution is 9.10. The van der Waals surface area contributed by atoms with Gasteiger partial charge in [-0.2, -0.15) is 0 Å². The van der Waals surface area contributed by atoms with Crippen molar-refractivity contribution in [3.8, 4) is 0 Å². The van der Waals surface area contributed by atoms with Gasteiger partial charge < -0.3 is 5.32 Å². The summed E-state index contributed by atoms with van der Waals surface area (Å²) in [6.45, 7) is 2.04. The van der Waals surface area contributed by atoms with Gasteiger partial charge in [0.05, 0.1) is 5.52 Å². The molecule has 1 N–H and O–H groups in total. The van der Waals surface area contributed by atoms with Crippen LogP contribution in [0, 0.1) is 0 Å². The zero-order valence-corrected chi connectivity index (χ0v) is 10.9. The van der Waals surface area contributed by atoms with Crippen molar-refractivity contribution in [3.05, 3.63) is 33.8 Å². The van der Waals surface area contributed by atoms with Crippen LogP contribution in [0.25, 0.3) is 5.52 Å². The third kappa shape index (κ3) is 1.56. The van der Waals surface area contributed by atoms with Gasteiger partial charge in [-0.3, -0.25) is 4.40 Å². The molecule has 1 fully saturated rings. The number of nitrogens with zero attached hydrogens (tertiary/aromatic N) is 2. The summed E-state index contributed by atoms with van der Waals surface area (Å²) in [5.74, 6) is 1.51. The standard InChI is InChI=1S/C11H11BrClN3/c12-10-8-2-1-3-9(13)16(8)11(15-10)7-4-5-14-6-7/h1-3,7,14H,4-6H2. The highest BCUT2D eigenvalue weighted by Crippen LogP contribution is 2.29. The Morgan fingerprint density at radius 2 is 2.38 bits per heavy atom. The fourth-order valence-electron chi connectivity index (χ4n) is 2.23. The summed E-state index contributed by atoms with van der Waals surface area (Å²) in [7, 11) is 0. The van der Waals surface area contributed by atoms with Crippen molar-refractivity contribution < 1.29 is 0 Å². The fourth-order valence-corrected chi connectivity index (χ4v) is 2.97. The summed E-state index contributed by atoms with van der Waals surface area (Å²) in [5, 5.41) is 4.07. The van der Waals surface area contributed by atoms with Crippen molar-refractivity contribution in [2.24, 2.45) is 0 Å². The summed E-state index contributed by atoms with van der Waals surface area (Å²) < 4.78 is 2.90. The molecule has 0 saturated carbocycles. The van der Waals surface area contributed by atoms with Crippen LogP contribution in [0.5, 0.6) is 0 Å². The molecule has 1 unspecified atom stereocenters. The normalized spacial score (nSPS) is 20.8. The van der Waals surface area contributed by atoms with Crippen molar-refractivity contribution in [1.29, 1.82) is 0 Å². The minimum atomic E-state index is 0.457. The lowest BCUT2D eigenvalue weighted by atomic mass is 10.1. The topological polar surface area (TPSA) is 29.3 Å². The Hall–Kier alpha value is -0.580. The minimum Gasteiger partial charge on any atom is -0.316 e. The van der Waals surface area contributed by atoms with Gasteiger partial charge in [0.1, 0.15) is 15.6 Å². The molecule has 2 aromatic heterocycles. The summed E-state index contributed by atoms with van der Waals surface area (Å²) in [4.78, 5) is 4.59. The summed E-state index contributed by atoms with van der Waals surface area (Å²) in [6.07, 6.45) is 1.12. The number of aromatic nitrogens is 2. The van der Waals surface area contributed by atoms with Gasteiger partial charge in [0.2, 0.25) is 0 Å². The van der Waals surface area contributed by atoms with Crippen molar-refractivity contribution in [2.45, 2.75) is 12.3 Å². The monoisotopic (exact) mass is 299 g/mol. The Kier molecular flexibility index (Phi) is 2.65. The molecule has 3 heterocycles. The number of pyridine rings is 1. The molecular weight excluding hydrogens is 289 g/mol. The maximum atomic E-state index is 6.24. The summed E-state index contributed by atoms with van der Waals surface area (Å²) in [6, 6.07) is 5.87. The number of imidazole rings is 1. The lowest BCUT2D eigenvalue weighted by molar-refractivity contribution is 0.698. The molecule has 84 valence electrons. The van der Waals surface area contributed by atoms with Crippen LogP contribution in [0.2, 0.25) is 5.15 Å². The van der Waals surface area contributed by atoms with Crippen LogP contribution < -0.4 is 5.32 Å². The molecule has 3 nitrogen and oxygen atoms in total. The third-order valence-electron chi connectivity index (χ3n) is 3.02. The Morgan fingerprint density at radius 1 is 1.50 bits per heavy atom. The van der Waals surface area contributed by atoms with E-state index in [-0.39, 0.29) is 0 Å².